The van der Waals surface area contributed by atoms with Crippen molar-refractivity contribution in [2.24, 2.45) is 10.4 Å². The van der Waals surface area contributed by atoms with Crippen molar-refractivity contribution in [3.63, 3.8) is 0 Å². The van der Waals surface area contributed by atoms with Gasteiger partial charge in [-0.25, -0.2) is 4.99 Å². The average Bonchev–Trinajstić information content (AvgIpc) is 3.25. The first-order chi connectivity index (χ1) is 11.7. The SMILES string of the molecule is CCNC(=NCc1nncn1CC)NCC1(CCOC)CCCC1. The maximum absolute atomic E-state index is 5.31. The Hall–Kier alpha value is -1.63. The van der Waals surface area contributed by atoms with Gasteiger partial charge in [0.15, 0.2) is 11.8 Å². The molecule has 7 heteroatoms. The first kappa shape index (κ1) is 18.7. The summed E-state index contributed by atoms with van der Waals surface area (Å²) in [4.78, 5) is 4.68. The molecular weight excluding hydrogens is 304 g/mol. The zero-order valence-electron chi connectivity index (χ0n) is 15.3. The van der Waals surface area contributed by atoms with Crippen molar-refractivity contribution in [1.82, 2.24) is 25.4 Å². The van der Waals surface area contributed by atoms with Gasteiger partial charge in [-0.05, 0) is 38.5 Å². The van der Waals surface area contributed by atoms with Crippen molar-refractivity contribution in [3.05, 3.63) is 12.2 Å². The molecule has 0 bridgehead atoms. The lowest BCUT2D eigenvalue weighted by Gasteiger charge is -2.30. The summed E-state index contributed by atoms with van der Waals surface area (Å²) in [6.45, 7) is 8.19. The molecule has 2 N–H and O–H groups in total. The highest BCUT2D eigenvalue weighted by Crippen LogP contribution is 2.40. The zero-order chi connectivity index (χ0) is 17.3. The van der Waals surface area contributed by atoms with Gasteiger partial charge in [0.2, 0.25) is 0 Å². The van der Waals surface area contributed by atoms with Crippen LogP contribution in [0.4, 0.5) is 0 Å². The molecule has 7 nitrogen and oxygen atoms in total. The Balaban J connectivity index is 1.95. The molecule has 0 amide bonds. The van der Waals surface area contributed by atoms with Crippen LogP contribution in [-0.2, 0) is 17.8 Å². The number of nitrogens with zero attached hydrogens (tertiary/aromatic N) is 4. The highest BCUT2D eigenvalue weighted by atomic mass is 16.5. The molecule has 0 radical (unpaired) electrons. The van der Waals surface area contributed by atoms with E-state index in [0.717, 1.165) is 44.4 Å². The van der Waals surface area contributed by atoms with E-state index in [9.17, 15) is 0 Å². The number of ether oxygens (including phenoxy) is 1. The second-order valence-corrected chi connectivity index (χ2v) is 6.53. The van der Waals surface area contributed by atoms with Gasteiger partial charge >= 0.3 is 0 Å². The van der Waals surface area contributed by atoms with E-state index < -0.39 is 0 Å². The zero-order valence-corrected chi connectivity index (χ0v) is 15.3. The summed E-state index contributed by atoms with van der Waals surface area (Å²) >= 11 is 0. The number of aryl methyl sites for hydroxylation is 1. The van der Waals surface area contributed by atoms with Crippen molar-refractivity contribution < 1.29 is 4.74 Å². The van der Waals surface area contributed by atoms with Crippen LogP contribution >= 0.6 is 0 Å². The number of rotatable bonds is 9. The molecule has 1 heterocycles. The third-order valence-electron chi connectivity index (χ3n) is 4.89. The highest BCUT2D eigenvalue weighted by Gasteiger charge is 2.33. The van der Waals surface area contributed by atoms with Gasteiger partial charge in [0.1, 0.15) is 12.9 Å². The molecule has 1 aromatic heterocycles. The Morgan fingerprint density at radius 3 is 2.79 bits per heavy atom. The lowest BCUT2D eigenvalue weighted by molar-refractivity contribution is 0.138. The van der Waals surface area contributed by atoms with Gasteiger partial charge in [-0.2, -0.15) is 0 Å². The van der Waals surface area contributed by atoms with E-state index in [2.05, 4.69) is 39.7 Å². The average molecular weight is 336 g/mol. The smallest absolute Gasteiger partial charge is 0.191 e. The second-order valence-electron chi connectivity index (χ2n) is 6.53. The van der Waals surface area contributed by atoms with Crippen molar-refractivity contribution >= 4 is 5.96 Å². The van der Waals surface area contributed by atoms with Crippen LogP contribution in [0, 0.1) is 5.41 Å². The van der Waals surface area contributed by atoms with Crippen LogP contribution in [0.3, 0.4) is 0 Å². The summed E-state index contributed by atoms with van der Waals surface area (Å²) in [6, 6.07) is 0. The standard InChI is InChI=1S/C17H32N6O/c1-4-18-16(19-12-15-22-21-14-23(15)5-2)20-13-17(10-11-24-3)8-6-7-9-17/h14H,4-13H2,1-3H3,(H2,18,19,20). The number of hydrogen-bond donors (Lipinski definition) is 2. The summed E-state index contributed by atoms with van der Waals surface area (Å²) in [6.07, 6.45) is 8.04. The van der Waals surface area contributed by atoms with Crippen LogP contribution in [0.1, 0.15) is 51.8 Å². The summed E-state index contributed by atoms with van der Waals surface area (Å²) in [7, 11) is 1.78. The maximum atomic E-state index is 5.31. The topological polar surface area (TPSA) is 76.4 Å². The third-order valence-corrected chi connectivity index (χ3v) is 4.89. The van der Waals surface area contributed by atoms with Gasteiger partial charge in [0.05, 0.1) is 0 Å². The number of nitrogens with one attached hydrogen (secondary N) is 2. The monoisotopic (exact) mass is 336 g/mol. The van der Waals surface area contributed by atoms with Gasteiger partial charge < -0.3 is 19.9 Å². The van der Waals surface area contributed by atoms with E-state index >= 15 is 0 Å². The fourth-order valence-corrected chi connectivity index (χ4v) is 3.39. The summed E-state index contributed by atoms with van der Waals surface area (Å²) in [5, 5.41) is 15.0. The quantitative estimate of drug-likeness (QED) is 0.532. The largest absolute Gasteiger partial charge is 0.385 e. The molecule has 0 atom stereocenters. The molecule has 24 heavy (non-hydrogen) atoms. The minimum Gasteiger partial charge on any atom is -0.385 e. The van der Waals surface area contributed by atoms with Crippen LogP contribution < -0.4 is 10.6 Å². The number of hydrogen-bond acceptors (Lipinski definition) is 4. The lowest BCUT2D eigenvalue weighted by Crippen LogP contribution is -2.43. The second kappa shape index (κ2) is 9.61. The summed E-state index contributed by atoms with van der Waals surface area (Å²) in [5.74, 6) is 1.75. The molecular formula is C17H32N6O. The first-order valence-corrected chi connectivity index (χ1v) is 9.11. The van der Waals surface area contributed by atoms with E-state index in [1.807, 2.05) is 4.57 Å². The number of aliphatic imine (C=N–C) groups is 1. The molecule has 0 aromatic carbocycles. The van der Waals surface area contributed by atoms with Crippen LogP contribution in [0.2, 0.25) is 0 Å². The van der Waals surface area contributed by atoms with Crippen LogP contribution in [0.5, 0.6) is 0 Å². The molecule has 0 aliphatic heterocycles. The van der Waals surface area contributed by atoms with Gasteiger partial charge in [0.25, 0.3) is 0 Å². The minimum atomic E-state index is 0.343. The number of aromatic nitrogens is 3. The predicted molar refractivity (Wildman–Crippen MR) is 95.9 cm³/mol. The van der Waals surface area contributed by atoms with Gasteiger partial charge in [0, 0.05) is 33.4 Å². The molecule has 0 saturated heterocycles. The molecule has 136 valence electrons. The van der Waals surface area contributed by atoms with Gasteiger partial charge in [-0.3, -0.25) is 0 Å². The molecule has 0 unspecified atom stereocenters. The van der Waals surface area contributed by atoms with E-state index in [4.69, 9.17) is 4.74 Å². The fourth-order valence-electron chi connectivity index (χ4n) is 3.39. The molecule has 1 aromatic rings. The van der Waals surface area contributed by atoms with Crippen molar-refractivity contribution in [1.29, 1.82) is 0 Å². The van der Waals surface area contributed by atoms with Crippen LogP contribution in [0.15, 0.2) is 11.3 Å². The van der Waals surface area contributed by atoms with Crippen molar-refractivity contribution in [2.75, 3.05) is 26.8 Å². The molecule has 1 aliphatic carbocycles. The van der Waals surface area contributed by atoms with Gasteiger partial charge in [-0.15, -0.1) is 10.2 Å². The molecule has 1 fully saturated rings. The van der Waals surface area contributed by atoms with Gasteiger partial charge in [-0.1, -0.05) is 12.8 Å². The summed E-state index contributed by atoms with van der Waals surface area (Å²) in [5.41, 5.74) is 0.343. The number of methoxy groups -OCH3 is 1. The predicted octanol–water partition coefficient (Wildman–Crippen LogP) is 1.95. The Labute approximate surface area is 145 Å². The normalized spacial score (nSPS) is 17.2. The minimum absolute atomic E-state index is 0.343. The maximum Gasteiger partial charge on any atom is 0.191 e. The van der Waals surface area contributed by atoms with E-state index in [1.165, 1.54) is 25.7 Å². The third kappa shape index (κ3) is 5.19. The summed E-state index contributed by atoms with van der Waals surface area (Å²) < 4.78 is 7.33. The van der Waals surface area contributed by atoms with Crippen LogP contribution in [-0.4, -0.2) is 47.5 Å². The van der Waals surface area contributed by atoms with E-state index in [-0.39, 0.29) is 0 Å². The fraction of sp³-hybridized carbons (Fsp3) is 0.824. The molecule has 0 spiro atoms. The Bertz CT molecular complexity index is 507. The Morgan fingerprint density at radius 2 is 2.12 bits per heavy atom. The van der Waals surface area contributed by atoms with E-state index in [0.29, 0.717) is 12.0 Å². The highest BCUT2D eigenvalue weighted by molar-refractivity contribution is 5.79. The Kier molecular flexibility index (Phi) is 7.49. The lowest BCUT2D eigenvalue weighted by atomic mass is 9.83. The Morgan fingerprint density at radius 1 is 1.33 bits per heavy atom. The molecule has 2 rings (SSSR count). The van der Waals surface area contributed by atoms with Crippen LogP contribution in [0.25, 0.3) is 0 Å². The molecule has 1 aliphatic rings. The number of guanidine groups is 1. The van der Waals surface area contributed by atoms with Crippen molar-refractivity contribution in [3.8, 4) is 0 Å². The van der Waals surface area contributed by atoms with Crippen molar-refractivity contribution in [2.45, 2.75) is 59.0 Å². The van der Waals surface area contributed by atoms with E-state index in [1.54, 1.807) is 13.4 Å². The first-order valence-electron chi connectivity index (χ1n) is 9.11. The molecule has 1 saturated carbocycles.